The van der Waals surface area contributed by atoms with Gasteiger partial charge in [0.25, 0.3) is 0 Å². The molecule has 2 amide bonds. The Bertz CT molecular complexity index is 495. The van der Waals surface area contributed by atoms with E-state index in [4.69, 9.17) is 23.2 Å². The Balaban J connectivity index is 2.53. The third kappa shape index (κ3) is 5.36. The highest BCUT2D eigenvalue weighted by Gasteiger charge is 2.16. The number of amides is 2. The van der Waals surface area contributed by atoms with Gasteiger partial charge in [-0.3, -0.25) is 9.59 Å². The molecule has 0 spiro atoms. The van der Waals surface area contributed by atoms with Gasteiger partial charge in [0.15, 0.2) is 0 Å². The van der Waals surface area contributed by atoms with Crippen molar-refractivity contribution in [2.75, 3.05) is 11.9 Å². The van der Waals surface area contributed by atoms with Gasteiger partial charge >= 0.3 is 11.8 Å². The summed E-state index contributed by atoms with van der Waals surface area (Å²) in [6, 6.07) is 4.53. The van der Waals surface area contributed by atoms with Gasteiger partial charge in [-0.1, -0.05) is 36.5 Å². The topological polar surface area (TPSA) is 78.4 Å². The van der Waals surface area contributed by atoms with E-state index in [2.05, 4.69) is 10.6 Å². The zero-order valence-electron chi connectivity index (χ0n) is 11.0. The number of nitrogens with one attached hydrogen (secondary N) is 2. The number of hydrogen-bond acceptors (Lipinski definition) is 3. The molecule has 0 aliphatic carbocycles. The Hall–Kier alpha value is -1.30. The van der Waals surface area contributed by atoms with Crippen molar-refractivity contribution in [3.05, 3.63) is 28.2 Å². The molecule has 1 rings (SSSR count). The van der Waals surface area contributed by atoms with Crippen LogP contribution in [0.2, 0.25) is 10.0 Å². The summed E-state index contributed by atoms with van der Waals surface area (Å²) in [5.41, 5.74) is 0.258. The van der Waals surface area contributed by atoms with E-state index in [-0.39, 0.29) is 17.3 Å². The molecule has 0 radical (unpaired) electrons. The number of aliphatic hydroxyl groups is 1. The number of hydrogen-bond donors (Lipinski definition) is 3. The second-order valence-electron chi connectivity index (χ2n) is 4.23. The SMILES string of the molecule is CCCC(O)CNC(=O)C(=O)Nc1cc(Cl)ccc1Cl. The molecular weight excluding hydrogens is 303 g/mol. The Morgan fingerprint density at radius 2 is 2.00 bits per heavy atom. The highest BCUT2D eigenvalue weighted by molar-refractivity contribution is 6.42. The zero-order chi connectivity index (χ0) is 15.1. The third-order valence-electron chi connectivity index (χ3n) is 2.50. The summed E-state index contributed by atoms with van der Waals surface area (Å²) in [6.07, 6.45) is 0.690. The van der Waals surface area contributed by atoms with Crippen molar-refractivity contribution < 1.29 is 14.7 Å². The number of carbonyl (C=O) groups excluding carboxylic acids is 2. The van der Waals surface area contributed by atoms with Crippen LogP contribution in [0, 0.1) is 0 Å². The first-order valence-electron chi connectivity index (χ1n) is 6.16. The van der Waals surface area contributed by atoms with Gasteiger partial charge in [0.1, 0.15) is 0 Å². The number of halogens is 2. The first-order chi connectivity index (χ1) is 9.43. The van der Waals surface area contributed by atoms with E-state index in [1.807, 2.05) is 6.92 Å². The van der Waals surface area contributed by atoms with E-state index in [0.717, 1.165) is 6.42 Å². The van der Waals surface area contributed by atoms with Crippen LogP contribution in [0.15, 0.2) is 18.2 Å². The monoisotopic (exact) mass is 318 g/mol. The van der Waals surface area contributed by atoms with Crippen molar-refractivity contribution in [3.63, 3.8) is 0 Å². The summed E-state index contributed by atoms with van der Waals surface area (Å²) in [5, 5.41) is 14.8. The van der Waals surface area contributed by atoms with Crippen molar-refractivity contribution in [2.24, 2.45) is 0 Å². The molecule has 0 aromatic heterocycles. The predicted molar refractivity (Wildman–Crippen MR) is 79.0 cm³/mol. The lowest BCUT2D eigenvalue weighted by molar-refractivity contribution is -0.136. The summed E-state index contributed by atoms with van der Waals surface area (Å²) >= 11 is 11.6. The van der Waals surface area contributed by atoms with Crippen LogP contribution in [0.3, 0.4) is 0 Å². The van der Waals surface area contributed by atoms with Gasteiger partial charge in [-0.2, -0.15) is 0 Å². The second kappa shape index (κ2) is 8.09. The lowest BCUT2D eigenvalue weighted by Gasteiger charge is -2.11. The molecule has 1 atom stereocenters. The molecule has 7 heteroatoms. The Morgan fingerprint density at radius 1 is 1.30 bits per heavy atom. The standard InChI is InChI=1S/C13H16Cl2N2O3/c1-2-3-9(18)7-16-12(19)13(20)17-11-6-8(14)4-5-10(11)15/h4-6,9,18H,2-3,7H2,1H3,(H,16,19)(H,17,20). The maximum Gasteiger partial charge on any atom is 0.313 e. The molecule has 0 bridgehead atoms. The van der Waals surface area contributed by atoms with Crippen molar-refractivity contribution >= 4 is 40.7 Å². The van der Waals surface area contributed by atoms with Gasteiger partial charge in [-0.25, -0.2) is 0 Å². The van der Waals surface area contributed by atoms with Crippen LogP contribution in [0.1, 0.15) is 19.8 Å². The number of carbonyl (C=O) groups is 2. The van der Waals surface area contributed by atoms with E-state index in [0.29, 0.717) is 11.4 Å². The molecule has 1 unspecified atom stereocenters. The van der Waals surface area contributed by atoms with Crippen LogP contribution >= 0.6 is 23.2 Å². The lowest BCUT2D eigenvalue weighted by atomic mass is 10.2. The molecule has 0 aliphatic heterocycles. The molecule has 0 heterocycles. The minimum Gasteiger partial charge on any atom is -0.391 e. The molecule has 0 saturated carbocycles. The Labute approximate surface area is 127 Å². The molecule has 110 valence electrons. The van der Waals surface area contributed by atoms with Crippen LogP contribution in [0.5, 0.6) is 0 Å². The molecule has 20 heavy (non-hydrogen) atoms. The van der Waals surface area contributed by atoms with Crippen molar-refractivity contribution in [2.45, 2.75) is 25.9 Å². The summed E-state index contributed by atoms with van der Waals surface area (Å²) in [4.78, 5) is 23.2. The first kappa shape index (κ1) is 16.8. The average molecular weight is 319 g/mol. The zero-order valence-corrected chi connectivity index (χ0v) is 12.5. The second-order valence-corrected chi connectivity index (χ2v) is 5.07. The van der Waals surface area contributed by atoms with Crippen LogP contribution in [-0.4, -0.2) is 29.6 Å². The van der Waals surface area contributed by atoms with E-state index >= 15 is 0 Å². The highest BCUT2D eigenvalue weighted by atomic mass is 35.5. The molecule has 5 nitrogen and oxygen atoms in total. The lowest BCUT2D eigenvalue weighted by Crippen LogP contribution is -2.39. The molecule has 0 saturated heterocycles. The van der Waals surface area contributed by atoms with Crippen LogP contribution in [-0.2, 0) is 9.59 Å². The van der Waals surface area contributed by atoms with Gasteiger partial charge < -0.3 is 15.7 Å². The molecular formula is C13H16Cl2N2O3. The fraction of sp³-hybridized carbons (Fsp3) is 0.385. The van der Waals surface area contributed by atoms with Crippen molar-refractivity contribution in [1.29, 1.82) is 0 Å². The van der Waals surface area contributed by atoms with Gasteiger partial charge in [-0.15, -0.1) is 0 Å². The largest absolute Gasteiger partial charge is 0.391 e. The van der Waals surface area contributed by atoms with E-state index in [9.17, 15) is 14.7 Å². The molecule has 1 aromatic carbocycles. The number of rotatable bonds is 5. The summed E-state index contributed by atoms with van der Waals surface area (Å²) in [6.45, 7) is 1.95. The smallest absolute Gasteiger partial charge is 0.313 e. The van der Waals surface area contributed by atoms with Gasteiger partial charge in [0.2, 0.25) is 0 Å². The minimum absolute atomic E-state index is 0.0311. The van der Waals surface area contributed by atoms with Crippen molar-refractivity contribution in [3.8, 4) is 0 Å². The molecule has 1 aromatic rings. The highest BCUT2D eigenvalue weighted by Crippen LogP contribution is 2.25. The molecule has 0 aliphatic rings. The maximum atomic E-state index is 11.6. The first-order valence-corrected chi connectivity index (χ1v) is 6.92. The van der Waals surface area contributed by atoms with Crippen LogP contribution < -0.4 is 10.6 Å². The Kier molecular flexibility index (Phi) is 6.78. The maximum absolute atomic E-state index is 11.6. The van der Waals surface area contributed by atoms with E-state index in [1.54, 1.807) is 6.07 Å². The van der Waals surface area contributed by atoms with Crippen LogP contribution in [0.4, 0.5) is 5.69 Å². The fourth-order valence-electron chi connectivity index (χ4n) is 1.50. The van der Waals surface area contributed by atoms with Gasteiger partial charge in [0, 0.05) is 11.6 Å². The minimum atomic E-state index is -0.863. The normalized spacial score (nSPS) is 11.8. The predicted octanol–water partition coefficient (Wildman–Crippen LogP) is 2.21. The van der Waals surface area contributed by atoms with Gasteiger partial charge in [0.05, 0.1) is 16.8 Å². The van der Waals surface area contributed by atoms with Crippen LogP contribution in [0.25, 0.3) is 0 Å². The average Bonchev–Trinajstić information content (AvgIpc) is 2.40. The fourth-order valence-corrected chi connectivity index (χ4v) is 1.84. The number of benzene rings is 1. The quantitative estimate of drug-likeness (QED) is 0.728. The number of anilines is 1. The molecule has 0 fully saturated rings. The van der Waals surface area contributed by atoms with Gasteiger partial charge in [-0.05, 0) is 24.6 Å². The Morgan fingerprint density at radius 3 is 2.65 bits per heavy atom. The molecule has 3 N–H and O–H groups in total. The third-order valence-corrected chi connectivity index (χ3v) is 3.07. The van der Waals surface area contributed by atoms with Crippen molar-refractivity contribution in [1.82, 2.24) is 5.32 Å². The summed E-state index contributed by atoms with van der Waals surface area (Å²) in [5.74, 6) is -1.70. The summed E-state index contributed by atoms with van der Waals surface area (Å²) in [7, 11) is 0. The van der Waals surface area contributed by atoms with E-state index < -0.39 is 17.9 Å². The number of aliphatic hydroxyl groups excluding tert-OH is 1. The van der Waals surface area contributed by atoms with E-state index in [1.165, 1.54) is 12.1 Å². The summed E-state index contributed by atoms with van der Waals surface area (Å²) < 4.78 is 0.